The molecular formula is C6H8N4. The minimum Gasteiger partial charge on any atom is -0.395 e. The van der Waals surface area contributed by atoms with Crippen LogP contribution in [0.5, 0.6) is 0 Å². The SMILES string of the molecule is NCC#Cc1[nH]ncc1N. The quantitative estimate of drug-likeness (QED) is 0.412. The van der Waals surface area contributed by atoms with Gasteiger partial charge in [-0.1, -0.05) is 5.92 Å². The van der Waals surface area contributed by atoms with Gasteiger partial charge >= 0.3 is 0 Å². The third-order valence-corrected chi connectivity index (χ3v) is 0.984. The van der Waals surface area contributed by atoms with Crippen LogP contribution in [0.3, 0.4) is 0 Å². The molecule has 0 bridgehead atoms. The molecule has 52 valence electrons. The molecule has 1 aromatic rings. The van der Waals surface area contributed by atoms with Gasteiger partial charge in [-0.15, -0.1) is 0 Å². The molecule has 5 N–H and O–H groups in total. The normalized spacial score (nSPS) is 8.50. The molecule has 0 fully saturated rings. The number of nitrogen functional groups attached to an aromatic ring is 1. The molecule has 10 heavy (non-hydrogen) atoms. The van der Waals surface area contributed by atoms with Gasteiger partial charge in [-0.3, -0.25) is 5.10 Å². The summed E-state index contributed by atoms with van der Waals surface area (Å²) >= 11 is 0. The molecule has 0 unspecified atom stereocenters. The van der Waals surface area contributed by atoms with E-state index in [1.54, 1.807) is 0 Å². The van der Waals surface area contributed by atoms with Gasteiger partial charge in [-0.25, -0.2) is 0 Å². The molecule has 0 saturated carbocycles. The average molecular weight is 136 g/mol. The van der Waals surface area contributed by atoms with Gasteiger partial charge in [-0.05, 0) is 5.92 Å². The van der Waals surface area contributed by atoms with Crippen LogP contribution in [-0.2, 0) is 0 Å². The number of nitrogens with two attached hydrogens (primary N) is 2. The van der Waals surface area contributed by atoms with Crippen molar-refractivity contribution < 1.29 is 0 Å². The fourth-order valence-corrected chi connectivity index (χ4v) is 0.535. The van der Waals surface area contributed by atoms with Crippen LogP contribution >= 0.6 is 0 Å². The van der Waals surface area contributed by atoms with Crippen molar-refractivity contribution >= 4 is 5.69 Å². The summed E-state index contributed by atoms with van der Waals surface area (Å²) in [6.07, 6.45) is 1.51. The summed E-state index contributed by atoms with van der Waals surface area (Å²) in [5.74, 6) is 5.39. The van der Waals surface area contributed by atoms with E-state index in [1.807, 2.05) is 0 Å². The first kappa shape index (κ1) is 6.65. The summed E-state index contributed by atoms with van der Waals surface area (Å²) < 4.78 is 0. The Morgan fingerprint density at radius 3 is 3.00 bits per heavy atom. The first-order chi connectivity index (χ1) is 4.84. The minimum absolute atomic E-state index is 0.332. The second-order valence-corrected chi connectivity index (χ2v) is 1.71. The van der Waals surface area contributed by atoms with Gasteiger partial charge in [0.25, 0.3) is 0 Å². The van der Waals surface area contributed by atoms with Crippen LogP contribution in [-0.4, -0.2) is 16.7 Å². The van der Waals surface area contributed by atoms with Crippen LogP contribution in [0.15, 0.2) is 6.20 Å². The van der Waals surface area contributed by atoms with E-state index in [0.29, 0.717) is 17.9 Å². The Bertz CT molecular complexity index is 265. The second kappa shape index (κ2) is 2.90. The maximum atomic E-state index is 5.44. The second-order valence-electron chi connectivity index (χ2n) is 1.71. The van der Waals surface area contributed by atoms with Crippen LogP contribution in [0, 0.1) is 11.8 Å². The lowest BCUT2D eigenvalue weighted by Crippen LogP contribution is -1.93. The highest BCUT2D eigenvalue weighted by atomic mass is 15.1. The number of rotatable bonds is 0. The molecule has 4 nitrogen and oxygen atoms in total. The van der Waals surface area contributed by atoms with Crippen molar-refractivity contribution in [2.45, 2.75) is 0 Å². The standard InChI is InChI=1S/C6H8N4/c7-3-1-2-6-5(8)4-9-10-6/h4H,3,7-8H2,(H,9,10). The lowest BCUT2D eigenvalue weighted by molar-refractivity contribution is 1.08. The number of aromatic nitrogens is 2. The zero-order chi connectivity index (χ0) is 7.40. The predicted molar refractivity (Wildman–Crippen MR) is 38.9 cm³/mol. The van der Waals surface area contributed by atoms with Gasteiger partial charge < -0.3 is 11.5 Å². The van der Waals surface area contributed by atoms with Gasteiger partial charge in [-0.2, -0.15) is 5.10 Å². The van der Waals surface area contributed by atoms with Gasteiger partial charge in [0.2, 0.25) is 0 Å². The summed E-state index contributed by atoms with van der Waals surface area (Å²) in [6, 6.07) is 0. The summed E-state index contributed by atoms with van der Waals surface area (Å²) in [6.45, 7) is 0.332. The highest BCUT2D eigenvalue weighted by Crippen LogP contribution is 2.02. The number of aromatic amines is 1. The predicted octanol–water partition coefficient (Wildman–Crippen LogP) is -0.698. The summed E-state index contributed by atoms with van der Waals surface area (Å²) in [7, 11) is 0. The van der Waals surface area contributed by atoms with Crippen LogP contribution < -0.4 is 11.5 Å². The van der Waals surface area contributed by atoms with Crippen molar-refractivity contribution in [3.63, 3.8) is 0 Å². The molecule has 0 aliphatic rings. The van der Waals surface area contributed by atoms with E-state index in [1.165, 1.54) is 6.20 Å². The lowest BCUT2D eigenvalue weighted by Gasteiger charge is -1.81. The van der Waals surface area contributed by atoms with Crippen molar-refractivity contribution in [3.8, 4) is 11.8 Å². The van der Waals surface area contributed by atoms with Gasteiger partial charge in [0, 0.05) is 0 Å². The van der Waals surface area contributed by atoms with Crippen molar-refractivity contribution in [2.75, 3.05) is 12.3 Å². The number of nitrogens with one attached hydrogen (secondary N) is 1. The Hall–Kier alpha value is -1.47. The highest BCUT2D eigenvalue weighted by Gasteiger charge is 1.93. The summed E-state index contributed by atoms with van der Waals surface area (Å²) in [5.41, 5.74) is 11.8. The van der Waals surface area contributed by atoms with E-state index in [4.69, 9.17) is 11.5 Å². The average Bonchev–Trinajstić information content (AvgIpc) is 2.31. The molecule has 0 aliphatic carbocycles. The molecule has 0 radical (unpaired) electrons. The van der Waals surface area contributed by atoms with Gasteiger partial charge in [0.05, 0.1) is 18.4 Å². The van der Waals surface area contributed by atoms with E-state index >= 15 is 0 Å². The molecule has 0 spiro atoms. The lowest BCUT2D eigenvalue weighted by atomic mass is 10.4. The van der Waals surface area contributed by atoms with E-state index < -0.39 is 0 Å². The molecule has 0 aromatic carbocycles. The number of hydrogen-bond acceptors (Lipinski definition) is 3. The maximum Gasteiger partial charge on any atom is 0.131 e. The largest absolute Gasteiger partial charge is 0.395 e. The number of hydrogen-bond donors (Lipinski definition) is 3. The molecule has 0 atom stereocenters. The third-order valence-electron chi connectivity index (χ3n) is 0.984. The van der Waals surface area contributed by atoms with E-state index in [0.717, 1.165) is 0 Å². The van der Waals surface area contributed by atoms with Crippen molar-refractivity contribution in [1.29, 1.82) is 0 Å². The van der Waals surface area contributed by atoms with Gasteiger partial charge in [0.15, 0.2) is 0 Å². The monoisotopic (exact) mass is 136 g/mol. The summed E-state index contributed by atoms with van der Waals surface area (Å²) in [4.78, 5) is 0. The Kier molecular flexibility index (Phi) is 1.92. The molecule has 0 amide bonds. The first-order valence-corrected chi connectivity index (χ1v) is 2.82. The molecule has 1 rings (SSSR count). The molecule has 1 heterocycles. The van der Waals surface area contributed by atoms with Crippen molar-refractivity contribution in [2.24, 2.45) is 5.73 Å². The van der Waals surface area contributed by atoms with E-state index in [9.17, 15) is 0 Å². The summed E-state index contributed by atoms with van der Waals surface area (Å²) in [5, 5.41) is 6.32. The van der Waals surface area contributed by atoms with Crippen LogP contribution in [0.1, 0.15) is 5.69 Å². The fourth-order valence-electron chi connectivity index (χ4n) is 0.535. The Morgan fingerprint density at radius 2 is 2.50 bits per heavy atom. The fraction of sp³-hybridized carbons (Fsp3) is 0.167. The molecular weight excluding hydrogens is 128 g/mol. The highest BCUT2D eigenvalue weighted by molar-refractivity contribution is 5.49. The molecule has 0 aliphatic heterocycles. The molecule has 1 aromatic heterocycles. The number of anilines is 1. The van der Waals surface area contributed by atoms with Crippen LogP contribution in [0.4, 0.5) is 5.69 Å². The van der Waals surface area contributed by atoms with E-state index in [2.05, 4.69) is 22.0 Å². The molecule has 4 heteroatoms. The molecule has 0 saturated heterocycles. The van der Waals surface area contributed by atoms with Crippen molar-refractivity contribution in [3.05, 3.63) is 11.9 Å². The van der Waals surface area contributed by atoms with E-state index in [-0.39, 0.29) is 0 Å². The topological polar surface area (TPSA) is 80.7 Å². The number of nitrogens with zero attached hydrogens (tertiary/aromatic N) is 1. The third kappa shape index (κ3) is 1.27. The Morgan fingerprint density at radius 1 is 1.70 bits per heavy atom. The first-order valence-electron chi connectivity index (χ1n) is 2.82. The number of H-pyrrole nitrogens is 1. The Balaban J connectivity index is 2.84. The zero-order valence-corrected chi connectivity index (χ0v) is 5.39. The van der Waals surface area contributed by atoms with Crippen LogP contribution in [0.25, 0.3) is 0 Å². The smallest absolute Gasteiger partial charge is 0.131 e. The zero-order valence-electron chi connectivity index (χ0n) is 5.39. The maximum absolute atomic E-state index is 5.44. The van der Waals surface area contributed by atoms with Crippen molar-refractivity contribution in [1.82, 2.24) is 10.2 Å². The minimum atomic E-state index is 0.332. The van der Waals surface area contributed by atoms with Gasteiger partial charge in [0.1, 0.15) is 5.69 Å². The Labute approximate surface area is 58.6 Å². The van der Waals surface area contributed by atoms with Crippen LogP contribution in [0.2, 0.25) is 0 Å².